The van der Waals surface area contributed by atoms with Gasteiger partial charge in [-0.25, -0.2) is 0 Å². The number of rotatable bonds is 1. The molecule has 0 fully saturated rings. The van der Waals surface area contributed by atoms with E-state index < -0.39 is 5.56 Å². The number of hydrogen-bond donors (Lipinski definition) is 1. The Labute approximate surface area is 35.9 Å². The van der Waals surface area contributed by atoms with E-state index in [1.54, 1.807) is 0 Å². The van der Waals surface area contributed by atoms with Gasteiger partial charge in [-0.15, -0.1) is 0 Å². The molecule has 1 nitrogen and oxygen atoms in total. The summed E-state index contributed by atoms with van der Waals surface area (Å²) < 4.78 is 0. The van der Waals surface area contributed by atoms with Gasteiger partial charge in [-0.1, -0.05) is 18.2 Å². The van der Waals surface area contributed by atoms with Crippen molar-refractivity contribution >= 4 is 11.6 Å². The third-order valence-corrected chi connectivity index (χ3v) is 0.373. The summed E-state index contributed by atoms with van der Waals surface area (Å²) >= 11 is 4.90. The molecule has 1 unspecified atom stereocenters. The fourth-order valence-electron chi connectivity index (χ4n) is 0. The maximum atomic E-state index is 8.01. The fraction of sp³-hybridized carbons (Fsp3) is 0.333. The van der Waals surface area contributed by atoms with Gasteiger partial charge in [0.05, 0.1) is 0 Å². The number of aliphatic hydroxyl groups excluding tert-OH is 1. The zero-order valence-corrected chi connectivity index (χ0v) is 3.44. The lowest BCUT2D eigenvalue weighted by Crippen LogP contribution is -1.83. The Hall–Kier alpha value is -0.0100. The molecule has 0 spiro atoms. The standard InChI is InChI=1S/C3H5ClO/c1-2-3(4)5/h2-3,5H,1H2. The average molecular weight is 92.5 g/mol. The Bertz CT molecular complexity index is 33.9. The molecule has 0 aromatic carbocycles. The van der Waals surface area contributed by atoms with Crippen molar-refractivity contribution in [3.63, 3.8) is 0 Å². The van der Waals surface area contributed by atoms with Gasteiger partial charge in [0.15, 0.2) is 0 Å². The minimum atomic E-state index is -0.880. The number of halogens is 1. The van der Waals surface area contributed by atoms with Gasteiger partial charge < -0.3 is 5.11 Å². The third kappa shape index (κ3) is 3.99. The molecule has 30 valence electrons. The van der Waals surface area contributed by atoms with Gasteiger partial charge >= 0.3 is 0 Å². The molecule has 0 aliphatic rings. The summed E-state index contributed by atoms with van der Waals surface area (Å²) in [7, 11) is 0. The van der Waals surface area contributed by atoms with Gasteiger partial charge in [-0.05, 0) is 6.08 Å². The molecule has 0 amide bonds. The minimum Gasteiger partial charge on any atom is -0.374 e. The Morgan fingerprint density at radius 2 is 2.20 bits per heavy atom. The molecule has 2 heteroatoms. The highest BCUT2D eigenvalue weighted by atomic mass is 35.5. The van der Waals surface area contributed by atoms with E-state index in [2.05, 4.69) is 6.58 Å². The number of alkyl halides is 1. The monoisotopic (exact) mass is 92.0 g/mol. The topological polar surface area (TPSA) is 20.2 Å². The first-order chi connectivity index (χ1) is 2.27. The van der Waals surface area contributed by atoms with Crippen molar-refractivity contribution in [1.82, 2.24) is 0 Å². The Morgan fingerprint density at radius 3 is 2.20 bits per heavy atom. The fourth-order valence-corrected chi connectivity index (χ4v) is 0. The van der Waals surface area contributed by atoms with E-state index in [0.717, 1.165) is 0 Å². The van der Waals surface area contributed by atoms with Crippen LogP contribution >= 0.6 is 11.6 Å². The highest BCUT2D eigenvalue weighted by Crippen LogP contribution is 1.85. The Morgan fingerprint density at radius 1 is 2.00 bits per heavy atom. The second-order valence-electron chi connectivity index (χ2n) is 0.608. The van der Waals surface area contributed by atoms with Gasteiger partial charge in [0.1, 0.15) is 5.56 Å². The molecule has 5 heavy (non-hydrogen) atoms. The van der Waals surface area contributed by atoms with Crippen LogP contribution in [0.5, 0.6) is 0 Å². The predicted octanol–water partition coefficient (Wildman–Crippen LogP) is 0.730. The molecule has 0 saturated carbocycles. The largest absolute Gasteiger partial charge is 0.374 e. The first-order valence-corrected chi connectivity index (χ1v) is 1.65. The van der Waals surface area contributed by atoms with Crippen LogP contribution in [0.1, 0.15) is 0 Å². The summed E-state index contributed by atoms with van der Waals surface area (Å²) in [5.74, 6) is 0. The molecule has 0 rings (SSSR count). The van der Waals surface area contributed by atoms with Crippen LogP contribution in [0, 0.1) is 0 Å². The summed E-state index contributed by atoms with van der Waals surface area (Å²) in [4.78, 5) is 0. The summed E-state index contributed by atoms with van der Waals surface area (Å²) in [5.41, 5.74) is -0.880. The molecule has 0 radical (unpaired) electrons. The van der Waals surface area contributed by atoms with Crippen molar-refractivity contribution in [2.45, 2.75) is 5.56 Å². The van der Waals surface area contributed by atoms with Crippen LogP contribution < -0.4 is 0 Å². The van der Waals surface area contributed by atoms with Crippen LogP contribution in [-0.4, -0.2) is 10.7 Å². The van der Waals surface area contributed by atoms with E-state index in [4.69, 9.17) is 16.7 Å². The molecule has 0 heterocycles. The molecular formula is C3H5ClO. The lowest BCUT2D eigenvalue weighted by Gasteiger charge is -1.81. The highest BCUT2D eigenvalue weighted by Gasteiger charge is 1.78. The Balaban J connectivity index is 2.83. The van der Waals surface area contributed by atoms with E-state index in [1.165, 1.54) is 6.08 Å². The van der Waals surface area contributed by atoms with E-state index >= 15 is 0 Å². The lowest BCUT2D eigenvalue weighted by molar-refractivity contribution is 0.303. The van der Waals surface area contributed by atoms with E-state index in [-0.39, 0.29) is 0 Å². The molecule has 0 saturated heterocycles. The van der Waals surface area contributed by atoms with Crippen LogP contribution in [0.3, 0.4) is 0 Å². The third-order valence-electron chi connectivity index (χ3n) is 0.194. The van der Waals surface area contributed by atoms with Crippen LogP contribution in [0.2, 0.25) is 0 Å². The zero-order valence-electron chi connectivity index (χ0n) is 2.69. The van der Waals surface area contributed by atoms with Crippen LogP contribution in [0.25, 0.3) is 0 Å². The normalized spacial score (nSPS) is 14.0. The lowest BCUT2D eigenvalue weighted by atomic mass is 10.7. The van der Waals surface area contributed by atoms with E-state index in [0.29, 0.717) is 0 Å². The molecule has 1 N–H and O–H groups in total. The average Bonchev–Trinajstić information content (AvgIpc) is 1.38. The summed E-state index contributed by atoms with van der Waals surface area (Å²) in [6, 6.07) is 0. The van der Waals surface area contributed by atoms with E-state index in [9.17, 15) is 0 Å². The second-order valence-corrected chi connectivity index (χ2v) is 1.06. The molecule has 0 aromatic heterocycles. The van der Waals surface area contributed by atoms with Crippen molar-refractivity contribution < 1.29 is 5.11 Å². The molecule has 0 bridgehead atoms. The number of hydrogen-bond acceptors (Lipinski definition) is 1. The zero-order chi connectivity index (χ0) is 4.28. The molecular weight excluding hydrogens is 87.5 g/mol. The number of aliphatic hydroxyl groups is 1. The first kappa shape index (κ1) is 4.99. The van der Waals surface area contributed by atoms with Gasteiger partial charge in [0.25, 0.3) is 0 Å². The minimum absolute atomic E-state index is 0.880. The smallest absolute Gasteiger partial charge is 0.146 e. The molecule has 0 aromatic rings. The van der Waals surface area contributed by atoms with Crippen molar-refractivity contribution in [1.29, 1.82) is 0 Å². The Kier molecular flexibility index (Phi) is 2.24. The quantitative estimate of drug-likeness (QED) is 0.374. The van der Waals surface area contributed by atoms with Crippen molar-refractivity contribution in [2.24, 2.45) is 0 Å². The van der Waals surface area contributed by atoms with Crippen molar-refractivity contribution in [3.05, 3.63) is 12.7 Å². The second kappa shape index (κ2) is 2.24. The van der Waals surface area contributed by atoms with Crippen LogP contribution in [0.15, 0.2) is 12.7 Å². The predicted molar refractivity (Wildman–Crippen MR) is 22.1 cm³/mol. The highest BCUT2D eigenvalue weighted by molar-refractivity contribution is 6.20. The first-order valence-electron chi connectivity index (χ1n) is 1.22. The van der Waals surface area contributed by atoms with Crippen molar-refractivity contribution in [2.75, 3.05) is 0 Å². The van der Waals surface area contributed by atoms with Gasteiger partial charge in [-0.3, -0.25) is 0 Å². The summed E-state index contributed by atoms with van der Waals surface area (Å²) in [6.07, 6.45) is 1.24. The summed E-state index contributed by atoms with van der Waals surface area (Å²) in [6.45, 7) is 3.18. The molecule has 1 atom stereocenters. The molecule has 0 aliphatic heterocycles. The molecule has 0 aliphatic carbocycles. The van der Waals surface area contributed by atoms with Crippen LogP contribution in [-0.2, 0) is 0 Å². The maximum absolute atomic E-state index is 8.01. The van der Waals surface area contributed by atoms with E-state index in [1.807, 2.05) is 0 Å². The van der Waals surface area contributed by atoms with Gasteiger partial charge in [0.2, 0.25) is 0 Å². The van der Waals surface area contributed by atoms with Crippen molar-refractivity contribution in [3.8, 4) is 0 Å². The van der Waals surface area contributed by atoms with Gasteiger partial charge in [-0.2, -0.15) is 0 Å². The maximum Gasteiger partial charge on any atom is 0.146 e. The SMILES string of the molecule is C=CC(O)Cl. The summed E-state index contributed by atoms with van der Waals surface area (Å²) in [5, 5.41) is 8.01. The van der Waals surface area contributed by atoms with Gasteiger partial charge in [0, 0.05) is 0 Å². The van der Waals surface area contributed by atoms with Crippen LogP contribution in [0.4, 0.5) is 0 Å².